The number of hydrogen-bond acceptors (Lipinski definition) is 2. The zero-order valence-corrected chi connectivity index (χ0v) is 12.1. The topological polar surface area (TPSA) is 18.5 Å². The van der Waals surface area contributed by atoms with Crippen molar-refractivity contribution in [3.63, 3.8) is 0 Å². The summed E-state index contributed by atoms with van der Waals surface area (Å²) in [6.45, 7) is -4.65. The fraction of sp³-hybridized carbons (Fsp3) is 1.00. The van der Waals surface area contributed by atoms with Crippen molar-refractivity contribution < 1.29 is 70.9 Å². The van der Waals surface area contributed by atoms with Crippen LogP contribution in [-0.4, -0.2) is 55.5 Å². The van der Waals surface area contributed by atoms with Gasteiger partial charge in [0.15, 0.2) is 0 Å². The Kier molecular flexibility index (Phi) is 6.87. The summed E-state index contributed by atoms with van der Waals surface area (Å²) in [4.78, 5) is 0. The maximum absolute atomic E-state index is 13.1. The first-order chi connectivity index (χ1) is 11.2. The second-order valence-corrected chi connectivity index (χ2v) is 4.54. The Morgan fingerprint density at radius 3 is 1.35 bits per heavy atom. The third-order valence-corrected chi connectivity index (χ3v) is 2.70. The molecule has 0 aliphatic carbocycles. The van der Waals surface area contributed by atoms with Crippen molar-refractivity contribution in [3.8, 4) is 0 Å². The first-order valence-electron chi connectivity index (χ1n) is 6.04. The average Bonchev–Trinajstić information content (AvgIpc) is 2.39. The molecule has 0 rings (SSSR count). The van der Waals surface area contributed by atoms with Gasteiger partial charge in [-0.2, -0.15) is 52.7 Å². The summed E-state index contributed by atoms with van der Waals surface area (Å²) >= 11 is 0. The molecule has 16 heteroatoms. The zero-order valence-electron chi connectivity index (χ0n) is 12.1. The van der Waals surface area contributed by atoms with E-state index in [9.17, 15) is 61.5 Å². The van der Waals surface area contributed by atoms with Crippen molar-refractivity contribution in [2.24, 2.45) is 0 Å². The monoisotopic (exact) mass is 426 g/mol. The quantitative estimate of drug-likeness (QED) is 0.401. The molecular weight excluding hydrogens is 418 g/mol. The molecule has 0 aromatic rings. The Morgan fingerprint density at radius 2 is 1.08 bits per heavy atom. The van der Waals surface area contributed by atoms with Crippen molar-refractivity contribution in [1.29, 1.82) is 0 Å². The minimum Gasteiger partial charge on any atom is -0.336 e. The highest BCUT2D eigenvalue weighted by Crippen LogP contribution is 2.51. The van der Waals surface area contributed by atoms with E-state index >= 15 is 0 Å². The van der Waals surface area contributed by atoms with Gasteiger partial charge in [-0.05, 0) is 6.92 Å². The molecule has 0 amide bonds. The van der Waals surface area contributed by atoms with Crippen molar-refractivity contribution in [2.45, 2.75) is 49.3 Å². The molecule has 0 spiro atoms. The van der Waals surface area contributed by atoms with E-state index in [0.717, 1.165) is 0 Å². The van der Waals surface area contributed by atoms with Gasteiger partial charge in [-0.3, -0.25) is 0 Å². The Morgan fingerprint density at radius 1 is 0.692 bits per heavy atom. The molecule has 26 heavy (non-hydrogen) atoms. The standard InChI is InChI=1S/C10H8F14O2/c1-2-25-8(9(19,20)21,10(22,23)24)26-3-5(13,14)7(17,18)6(15,16)4(11)12/h4H,2-3H2,1H3. The summed E-state index contributed by atoms with van der Waals surface area (Å²) in [7, 11) is 0. The first kappa shape index (κ1) is 24.9. The van der Waals surface area contributed by atoms with Crippen LogP contribution in [0.2, 0.25) is 0 Å². The highest BCUT2D eigenvalue weighted by atomic mass is 19.4. The van der Waals surface area contributed by atoms with Crippen LogP contribution < -0.4 is 0 Å². The molecule has 0 N–H and O–H groups in total. The summed E-state index contributed by atoms with van der Waals surface area (Å²) in [6, 6.07) is 0. The van der Waals surface area contributed by atoms with Crippen molar-refractivity contribution in [1.82, 2.24) is 0 Å². The lowest BCUT2D eigenvalue weighted by Crippen LogP contribution is -2.64. The lowest BCUT2D eigenvalue weighted by molar-refractivity contribution is -0.478. The molecule has 0 saturated heterocycles. The summed E-state index contributed by atoms with van der Waals surface area (Å²) in [5, 5.41) is 0. The molecule has 0 aliphatic heterocycles. The molecule has 0 aliphatic rings. The van der Waals surface area contributed by atoms with E-state index in [1.54, 1.807) is 0 Å². The zero-order chi connectivity index (χ0) is 21.4. The Labute approximate surface area is 135 Å². The highest BCUT2D eigenvalue weighted by molar-refractivity contribution is 4.99. The lowest BCUT2D eigenvalue weighted by Gasteiger charge is -2.38. The Bertz CT molecular complexity index is 451. The summed E-state index contributed by atoms with van der Waals surface area (Å²) in [5.41, 5.74) is 0. The maximum atomic E-state index is 13.1. The molecule has 0 atom stereocenters. The van der Waals surface area contributed by atoms with Gasteiger partial charge in [0.2, 0.25) is 0 Å². The van der Waals surface area contributed by atoms with Crippen LogP contribution in [0.5, 0.6) is 0 Å². The molecule has 0 bridgehead atoms. The maximum Gasteiger partial charge on any atom is 0.453 e. The summed E-state index contributed by atoms with van der Waals surface area (Å²) in [6.07, 6.45) is -18.7. The van der Waals surface area contributed by atoms with Gasteiger partial charge < -0.3 is 9.47 Å². The van der Waals surface area contributed by atoms with Crippen LogP contribution in [0.3, 0.4) is 0 Å². The van der Waals surface area contributed by atoms with Crippen molar-refractivity contribution in [3.05, 3.63) is 0 Å². The number of ether oxygens (including phenoxy) is 2. The van der Waals surface area contributed by atoms with Gasteiger partial charge in [0.1, 0.15) is 6.61 Å². The number of halogens is 14. The minimum absolute atomic E-state index is 0.507. The fourth-order valence-corrected chi connectivity index (χ4v) is 1.40. The fourth-order valence-electron chi connectivity index (χ4n) is 1.40. The van der Waals surface area contributed by atoms with Crippen molar-refractivity contribution in [2.75, 3.05) is 13.2 Å². The van der Waals surface area contributed by atoms with Gasteiger partial charge in [0.05, 0.1) is 0 Å². The molecule has 158 valence electrons. The number of alkyl halides is 14. The van der Waals surface area contributed by atoms with Crippen LogP contribution in [0.25, 0.3) is 0 Å². The van der Waals surface area contributed by atoms with Gasteiger partial charge in [-0.1, -0.05) is 0 Å². The molecular formula is C10H8F14O2. The predicted molar refractivity (Wildman–Crippen MR) is 53.3 cm³/mol. The number of hydrogen-bond donors (Lipinski definition) is 0. The van der Waals surface area contributed by atoms with Gasteiger partial charge in [-0.25, -0.2) is 8.78 Å². The van der Waals surface area contributed by atoms with Crippen LogP contribution in [-0.2, 0) is 9.47 Å². The minimum atomic E-state index is -7.05. The number of rotatable bonds is 8. The third kappa shape index (κ3) is 4.09. The Balaban J connectivity index is 5.93. The van der Waals surface area contributed by atoms with Gasteiger partial charge in [0, 0.05) is 6.61 Å². The molecule has 0 saturated carbocycles. The van der Waals surface area contributed by atoms with Gasteiger partial charge >= 0.3 is 42.3 Å². The molecule has 0 radical (unpaired) electrons. The molecule has 0 aromatic carbocycles. The SMILES string of the molecule is CCOC(OCC(F)(F)C(F)(F)C(F)(F)C(F)F)(C(F)(F)F)C(F)(F)F. The van der Waals surface area contributed by atoms with Gasteiger partial charge in [0.25, 0.3) is 0 Å². The van der Waals surface area contributed by atoms with Crippen LogP contribution in [0.1, 0.15) is 6.92 Å². The van der Waals surface area contributed by atoms with E-state index in [-0.39, 0.29) is 0 Å². The van der Waals surface area contributed by atoms with Crippen molar-refractivity contribution >= 4 is 0 Å². The molecule has 0 unspecified atom stereocenters. The van der Waals surface area contributed by atoms with E-state index < -0.39 is 55.5 Å². The third-order valence-electron chi connectivity index (χ3n) is 2.70. The molecule has 0 aromatic heterocycles. The van der Waals surface area contributed by atoms with E-state index in [0.29, 0.717) is 6.92 Å². The van der Waals surface area contributed by atoms with Gasteiger partial charge in [-0.15, -0.1) is 0 Å². The average molecular weight is 426 g/mol. The second kappa shape index (κ2) is 7.16. The summed E-state index contributed by atoms with van der Waals surface area (Å²) < 4.78 is 183. The molecule has 2 nitrogen and oxygen atoms in total. The lowest BCUT2D eigenvalue weighted by atomic mass is 10.1. The predicted octanol–water partition coefficient (Wildman–Crippen LogP) is 5.03. The van der Waals surface area contributed by atoms with Crippen LogP contribution >= 0.6 is 0 Å². The summed E-state index contributed by atoms with van der Waals surface area (Å²) in [5.74, 6) is -26.3. The van der Waals surface area contributed by atoms with Crippen LogP contribution in [0.4, 0.5) is 61.5 Å². The van der Waals surface area contributed by atoms with E-state index in [1.807, 2.05) is 0 Å². The normalized spacial score (nSPS) is 15.7. The van der Waals surface area contributed by atoms with E-state index in [1.165, 1.54) is 0 Å². The Hall–Kier alpha value is -1.06. The molecule has 0 fully saturated rings. The van der Waals surface area contributed by atoms with E-state index in [2.05, 4.69) is 9.47 Å². The second-order valence-electron chi connectivity index (χ2n) is 4.54. The highest BCUT2D eigenvalue weighted by Gasteiger charge is 2.79. The van der Waals surface area contributed by atoms with E-state index in [4.69, 9.17) is 0 Å². The van der Waals surface area contributed by atoms with Crippen LogP contribution in [0.15, 0.2) is 0 Å². The molecule has 0 heterocycles. The van der Waals surface area contributed by atoms with Crippen LogP contribution in [0, 0.1) is 0 Å². The largest absolute Gasteiger partial charge is 0.453 e. The smallest absolute Gasteiger partial charge is 0.336 e. The first-order valence-corrected chi connectivity index (χ1v) is 6.04.